The van der Waals surface area contributed by atoms with E-state index in [1.54, 1.807) is 0 Å². The van der Waals surface area contributed by atoms with Crippen LogP contribution >= 0.6 is 12.4 Å². The van der Waals surface area contributed by atoms with E-state index < -0.39 is 5.97 Å². The normalized spacial score (nSPS) is 20.8. The second kappa shape index (κ2) is 12.7. The van der Waals surface area contributed by atoms with Gasteiger partial charge in [0.2, 0.25) is 0 Å². The first-order chi connectivity index (χ1) is 17.1. The molecule has 0 aliphatic carbocycles. The smallest absolute Gasteiger partial charge is 0.304 e. The van der Waals surface area contributed by atoms with Crippen LogP contribution in [0.5, 0.6) is 0 Å². The van der Waals surface area contributed by atoms with Gasteiger partial charge in [0.15, 0.2) is 0 Å². The number of carbonyl (C=O) groups is 1. The Hall–Kier alpha value is -2.35. The number of halogens is 1. The van der Waals surface area contributed by atoms with E-state index in [1.807, 2.05) is 0 Å². The van der Waals surface area contributed by atoms with Gasteiger partial charge in [-0.1, -0.05) is 18.2 Å². The van der Waals surface area contributed by atoms with Crippen LogP contribution in [0.15, 0.2) is 36.4 Å². The summed E-state index contributed by atoms with van der Waals surface area (Å²) in [5, 5.41) is 16.5. The molecular formula is C28H40ClN5O2. The second-order valence-electron chi connectivity index (χ2n) is 10.4. The maximum absolute atomic E-state index is 11.7. The number of likely N-dealkylation sites (tertiary alicyclic amines) is 1. The molecule has 7 nitrogen and oxygen atoms in total. The van der Waals surface area contributed by atoms with E-state index in [-0.39, 0.29) is 24.7 Å². The van der Waals surface area contributed by atoms with E-state index in [9.17, 15) is 9.90 Å². The molecule has 4 heterocycles. The molecule has 0 amide bonds. The summed E-state index contributed by atoms with van der Waals surface area (Å²) in [6.07, 6.45) is 5.84. The number of carboxylic acid groups (broad SMARTS) is 1. The number of nitrogens with zero attached hydrogens (tertiary/aromatic N) is 3. The minimum atomic E-state index is -0.717. The van der Waals surface area contributed by atoms with Crippen LogP contribution in [-0.2, 0) is 17.6 Å². The number of hydrogen-bond acceptors (Lipinski definition) is 6. The van der Waals surface area contributed by atoms with Crippen LogP contribution in [0.3, 0.4) is 0 Å². The zero-order valence-corrected chi connectivity index (χ0v) is 21.9. The van der Waals surface area contributed by atoms with Gasteiger partial charge in [-0.3, -0.25) is 4.79 Å². The van der Waals surface area contributed by atoms with Crippen molar-refractivity contribution in [3.8, 4) is 0 Å². The Morgan fingerprint density at radius 2 is 2.00 bits per heavy atom. The lowest BCUT2D eigenvalue weighted by molar-refractivity contribution is -0.137. The first-order valence-electron chi connectivity index (χ1n) is 13.4. The molecule has 2 unspecified atom stereocenters. The Morgan fingerprint density at radius 1 is 1.14 bits per heavy atom. The summed E-state index contributed by atoms with van der Waals surface area (Å²) in [6, 6.07) is 13.0. The molecule has 3 aliphatic rings. The minimum absolute atomic E-state index is 0. The van der Waals surface area contributed by atoms with Crippen LogP contribution < -0.4 is 15.5 Å². The van der Waals surface area contributed by atoms with Crippen molar-refractivity contribution < 1.29 is 9.90 Å². The number of rotatable bonds is 9. The SMILES string of the molecule is Cl.O=C(O)CC(CN1CCC(CCc2ccc3c(n2)NCCC3)C1)c1cccc(N2CCNCC2)c1. The van der Waals surface area contributed by atoms with Crippen LogP contribution in [-0.4, -0.2) is 73.3 Å². The zero-order valence-electron chi connectivity index (χ0n) is 21.1. The third-order valence-corrected chi connectivity index (χ3v) is 7.85. The van der Waals surface area contributed by atoms with Gasteiger partial charge in [0, 0.05) is 63.1 Å². The number of aryl methyl sites for hydroxylation is 2. The molecule has 2 aromatic rings. The number of carboxylic acids is 1. The van der Waals surface area contributed by atoms with Crippen molar-refractivity contribution in [1.29, 1.82) is 0 Å². The van der Waals surface area contributed by atoms with E-state index in [1.165, 1.54) is 29.8 Å². The Labute approximate surface area is 221 Å². The molecule has 1 aromatic carbocycles. The minimum Gasteiger partial charge on any atom is -0.481 e. The van der Waals surface area contributed by atoms with Gasteiger partial charge in [0.25, 0.3) is 0 Å². The summed E-state index contributed by atoms with van der Waals surface area (Å²) < 4.78 is 0. The van der Waals surface area contributed by atoms with Gasteiger partial charge in [0.1, 0.15) is 5.82 Å². The summed E-state index contributed by atoms with van der Waals surface area (Å²) in [5.74, 6) is 1.03. The molecule has 3 N–H and O–H groups in total. The molecule has 2 fully saturated rings. The van der Waals surface area contributed by atoms with E-state index in [2.05, 4.69) is 56.8 Å². The highest BCUT2D eigenvalue weighted by Crippen LogP contribution is 2.29. The topological polar surface area (TPSA) is 80.7 Å². The van der Waals surface area contributed by atoms with Crippen molar-refractivity contribution in [2.24, 2.45) is 5.92 Å². The number of anilines is 2. The molecule has 2 saturated heterocycles. The van der Waals surface area contributed by atoms with Gasteiger partial charge in [-0.2, -0.15) is 0 Å². The van der Waals surface area contributed by atoms with Crippen molar-refractivity contribution in [2.45, 2.75) is 44.4 Å². The summed E-state index contributed by atoms with van der Waals surface area (Å²) in [6.45, 7) is 7.93. The fourth-order valence-corrected chi connectivity index (χ4v) is 5.88. The molecule has 0 spiro atoms. The van der Waals surface area contributed by atoms with E-state index >= 15 is 0 Å². The molecular weight excluding hydrogens is 474 g/mol. The maximum atomic E-state index is 11.7. The number of benzene rings is 1. The average Bonchev–Trinajstić information content (AvgIpc) is 3.34. The lowest BCUT2D eigenvalue weighted by Crippen LogP contribution is -2.43. The fourth-order valence-electron chi connectivity index (χ4n) is 5.88. The van der Waals surface area contributed by atoms with E-state index in [0.29, 0.717) is 5.92 Å². The zero-order chi connectivity index (χ0) is 24.0. The van der Waals surface area contributed by atoms with Crippen molar-refractivity contribution in [2.75, 3.05) is 62.6 Å². The number of pyridine rings is 1. The molecule has 2 atom stereocenters. The molecule has 196 valence electrons. The van der Waals surface area contributed by atoms with Crippen LogP contribution in [0.25, 0.3) is 0 Å². The fraction of sp³-hybridized carbons (Fsp3) is 0.571. The number of aliphatic carboxylic acids is 1. The molecule has 0 bridgehead atoms. The molecule has 5 rings (SSSR count). The number of hydrogen-bond donors (Lipinski definition) is 3. The van der Waals surface area contributed by atoms with Gasteiger partial charge in [0.05, 0.1) is 6.42 Å². The van der Waals surface area contributed by atoms with Crippen LogP contribution in [0.1, 0.15) is 48.4 Å². The summed E-state index contributed by atoms with van der Waals surface area (Å²) >= 11 is 0. The predicted octanol–water partition coefficient (Wildman–Crippen LogP) is 3.78. The molecule has 1 aromatic heterocycles. The highest BCUT2D eigenvalue weighted by Gasteiger charge is 2.27. The lowest BCUT2D eigenvalue weighted by Gasteiger charge is -2.30. The second-order valence-corrected chi connectivity index (χ2v) is 10.4. The number of nitrogens with one attached hydrogen (secondary N) is 2. The average molecular weight is 514 g/mol. The van der Waals surface area contributed by atoms with Gasteiger partial charge in [-0.25, -0.2) is 4.98 Å². The summed E-state index contributed by atoms with van der Waals surface area (Å²) in [7, 11) is 0. The quantitative estimate of drug-likeness (QED) is 0.470. The third kappa shape index (κ3) is 6.90. The van der Waals surface area contributed by atoms with Crippen LogP contribution in [0.4, 0.5) is 11.5 Å². The van der Waals surface area contributed by atoms with Crippen molar-refractivity contribution in [1.82, 2.24) is 15.2 Å². The predicted molar refractivity (Wildman–Crippen MR) is 148 cm³/mol. The van der Waals surface area contributed by atoms with Crippen LogP contribution in [0.2, 0.25) is 0 Å². The van der Waals surface area contributed by atoms with Gasteiger partial charge in [-0.05, 0) is 73.9 Å². The first-order valence-corrected chi connectivity index (χ1v) is 13.4. The molecule has 3 aliphatic heterocycles. The third-order valence-electron chi connectivity index (χ3n) is 7.85. The summed E-state index contributed by atoms with van der Waals surface area (Å²) in [4.78, 5) is 21.5. The molecule has 0 saturated carbocycles. The highest BCUT2D eigenvalue weighted by atomic mass is 35.5. The molecule has 8 heteroatoms. The monoisotopic (exact) mass is 513 g/mol. The summed E-state index contributed by atoms with van der Waals surface area (Å²) in [5.41, 5.74) is 4.89. The van der Waals surface area contributed by atoms with E-state index in [4.69, 9.17) is 4.98 Å². The maximum Gasteiger partial charge on any atom is 0.304 e. The Kier molecular flexibility index (Phi) is 9.46. The molecule has 36 heavy (non-hydrogen) atoms. The Balaban J connectivity index is 0.00000304. The van der Waals surface area contributed by atoms with Crippen molar-refractivity contribution >= 4 is 29.9 Å². The molecule has 0 radical (unpaired) electrons. The number of fused-ring (bicyclic) bond motifs is 1. The van der Waals surface area contributed by atoms with Crippen molar-refractivity contribution in [3.63, 3.8) is 0 Å². The number of aromatic nitrogens is 1. The number of piperazine rings is 1. The standard InChI is InChI=1S/C28H39N5O2.ClH/c34-27(35)18-24(23-3-1-5-26(17-23)33-15-12-29-13-16-33)20-32-14-10-21(19-32)6-8-25-9-7-22-4-2-11-30-28(22)31-25;/h1,3,5,7,9,17,21,24,29H,2,4,6,8,10-16,18-20H2,(H,30,31)(H,34,35);1H. The van der Waals surface area contributed by atoms with Gasteiger partial charge in [-0.15, -0.1) is 12.4 Å². The van der Waals surface area contributed by atoms with Gasteiger partial charge >= 0.3 is 5.97 Å². The highest BCUT2D eigenvalue weighted by molar-refractivity contribution is 5.85. The van der Waals surface area contributed by atoms with Crippen molar-refractivity contribution in [3.05, 3.63) is 53.2 Å². The van der Waals surface area contributed by atoms with Gasteiger partial charge < -0.3 is 25.5 Å². The van der Waals surface area contributed by atoms with E-state index in [0.717, 1.165) is 83.0 Å². The largest absolute Gasteiger partial charge is 0.481 e. The lowest BCUT2D eigenvalue weighted by atomic mass is 9.94. The first kappa shape index (κ1) is 26.7. The Bertz CT molecular complexity index is 1010. The Morgan fingerprint density at radius 3 is 2.83 bits per heavy atom. The van der Waals surface area contributed by atoms with Crippen LogP contribution in [0, 0.1) is 5.92 Å².